The summed E-state index contributed by atoms with van der Waals surface area (Å²) in [5, 5.41) is 3.24. The van der Waals surface area contributed by atoms with Gasteiger partial charge in [-0.1, -0.05) is 42.5 Å². The van der Waals surface area contributed by atoms with E-state index in [1.54, 1.807) is 0 Å². The standard InChI is InChI=1S/C21H29N3O/c1-22-13-12-20(18-8-4-3-5-9-18)25-21-11-7-6-10-19(21)24-16-14-23(2)15-17-24/h3-11,20,22H,12-17H2,1-2H3. The first-order valence-corrected chi connectivity index (χ1v) is 9.16. The molecule has 134 valence electrons. The maximum Gasteiger partial charge on any atom is 0.143 e. The number of nitrogens with zero attached hydrogens (tertiary/aromatic N) is 2. The minimum absolute atomic E-state index is 0.0577. The summed E-state index contributed by atoms with van der Waals surface area (Å²) in [5.74, 6) is 0.983. The summed E-state index contributed by atoms with van der Waals surface area (Å²) < 4.78 is 6.52. The number of ether oxygens (including phenoxy) is 1. The number of rotatable bonds is 7. The predicted molar refractivity (Wildman–Crippen MR) is 105 cm³/mol. The largest absolute Gasteiger partial charge is 0.484 e. The van der Waals surface area contributed by atoms with Crippen LogP contribution < -0.4 is 15.0 Å². The number of nitrogens with one attached hydrogen (secondary N) is 1. The summed E-state index contributed by atoms with van der Waals surface area (Å²) in [6.45, 7) is 5.20. The summed E-state index contributed by atoms with van der Waals surface area (Å²) in [5.41, 5.74) is 2.44. The van der Waals surface area contributed by atoms with Crippen molar-refractivity contribution in [3.63, 3.8) is 0 Å². The topological polar surface area (TPSA) is 27.7 Å². The minimum Gasteiger partial charge on any atom is -0.484 e. The van der Waals surface area contributed by atoms with Crippen LogP contribution in [-0.4, -0.2) is 51.7 Å². The highest BCUT2D eigenvalue weighted by molar-refractivity contribution is 5.59. The Morgan fingerprint density at radius 3 is 2.36 bits per heavy atom. The molecule has 4 nitrogen and oxygen atoms in total. The maximum atomic E-state index is 6.52. The van der Waals surface area contributed by atoms with Crippen LogP contribution in [0, 0.1) is 0 Å². The lowest BCUT2D eigenvalue weighted by Gasteiger charge is -2.35. The molecule has 0 aromatic heterocycles. The molecule has 1 heterocycles. The maximum absolute atomic E-state index is 6.52. The van der Waals surface area contributed by atoms with Gasteiger partial charge < -0.3 is 19.9 Å². The second-order valence-corrected chi connectivity index (χ2v) is 6.67. The Morgan fingerprint density at radius 1 is 0.960 bits per heavy atom. The molecule has 2 aromatic rings. The summed E-state index contributed by atoms with van der Waals surface area (Å²) in [4.78, 5) is 4.81. The lowest BCUT2D eigenvalue weighted by atomic mass is 10.1. The van der Waals surface area contributed by atoms with E-state index in [2.05, 4.69) is 76.8 Å². The molecule has 0 bridgehead atoms. The molecular weight excluding hydrogens is 310 g/mol. The van der Waals surface area contributed by atoms with E-state index in [0.29, 0.717) is 0 Å². The number of hydrogen-bond donors (Lipinski definition) is 1. The lowest BCUT2D eigenvalue weighted by Crippen LogP contribution is -2.44. The van der Waals surface area contributed by atoms with Gasteiger partial charge in [0.15, 0.2) is 0 Å². The lowest BCUT2D eigenvalue weighted by molar-refractivity contribution is 0.195. The van der Waals surface area contributed by atoms with Crippen molar-refractivity contribution in [2.45, 2.75) is 12.5 Å². The second kappa shape index (κ2) is 8.88. The molecular formula is C21H29N3O. The third-order valence-electron chi connectivity index (χ3n) is 4.81. The number of hydrogen-bond acceptors (Lipinski definition) is 4. The first-order chi connectivity index (χ1) is 12.3. The SMILES string of the molecule is CNCCC(Oc1ccccc1N1CCN(C)CC1)c1ccccc1. The van der Waals surface area contributed by atoms with E-state index >= 15 is 0 Å². The van der Waals surface area contributed by atoms with E-state index in [0.717, 1.165) is 44.9 Å². The molecule has 1 aliphatic heterocycles. The molecule has 25 heavy (non-hydrogen) atoms. The highest BCUT2D eigenvalue weighted by Crippen LogP contribution is 2.33. The van der Waals surface area contributed by atoms with Gasteiger partial charge in [0.05, 0.1) is 5.69 Å². The Bertz CT molecular complexity index is 639. The third-order valence-corrected chi connectivity index (χ3v) is 4.81. The number of likely N-dealkylation sites (N-methyl/N-ethyl adjacent to an activating group) is 1. The normalized spacial score (nSPS) is 16.6. The van der Waals surface area contributed by atoms with Crippen molar-refractivity contribution >= 4 is 5.69 Å². The Hall–Kier alpha value is -2.04. The van der Waals surface area contributed by atoms with Gasteiger partial charge in [-0.25, -0.2) is 0 Å². The van der Waals surface area contributed by atoms with Crippen molar-refractivity contribution in [1.82, 2.24) is 10.2 Å². The first-order valence-electron chi connectivity index (χ1n) is 9.16. The number of piperazine rings is 1. The van der Waals surface area contributed by atoms with Crippen LogP contribution in [-0.2, 0) is 0 Å². The highest BCUT2D eigenvalue weighted by Gasteiger charge is 2.20. The molecule has 0 saturated carbocycles. The molecule has 1 saturated heterocycles. The molecule has 1 atom stereocenters. The van der Waals surface area contributed by atoms with Crippen LogP contribution in [0.5, 0.6) is 5.75 Å². The molecule has 1 aliphatic rings. The average molecular weight is 339 g/mol. The van der Waals surface area contributed by atoms with Crippen molar-refractivity contribution in [2.75, 3.05) is 51.7 Å². The quantitative estimate of drug-likeness (QED) is 0.838. The fraction of sp³-hybridized carbons (Fsp3) is 0.429. The van der Waals surface area contributed by atoms with E-state index in [-0.39, 0.29) is 6.10 Å². The van der Waals surface area contributed by atoms with E-state index in [4.69, 9.17) is 4.74 Å². The first kappa shape index (κ1) is 17.8. The van der Waals surface area contributed by atoms with Gasteiger partial charge in [-0.15, -0.1) is 0 Å². The summed E-state index contributed by atoms with van der Waals surface area (Å²) >= 11 is 0. The number of anilines is 1. The van der Waals surface area contributed by atoms with E-state index in [1.807, 2.05) is 7.05 Å². The van der Waals surface area contributed by atoms with Crippen molar-refractivity contribution in [3.05, 3.63) is 60.2 Å². The Morgan fingerprint density at radius 2 is 1.64 bits per heavy atom. The summed E-state index contributed by atoms with van der Waals surface area (Å²) in [6, 6.07) is 19.0. The Kier molecular flexibility index (Phi) is 6.31. The highest BCUT2D eigenvalue weighted by atomic mass is 16.5. The molecule has 3 rings (SSSR count). The van der Waals surface area contributed by atoms with Gasteiger partial charge in [0, 0.05) is 32.6 Å². The Balaban J connectivity index is 1.80. The molecule has 1 unspecified atom stereocenters. The number of benzene rings is 2. The second-order valence-electron chi connectivity index (χ2n) is 6.67. The van der Waals surface area contributed by atoms with Gasteiger partial charge in [-0.3, -0.25) is 0 Å². The minimum atomic E-state index is 0.0577. The fourth-order valence-electron chi connectivity index (χ4n) is 3.26. The van der Waals surface area contributed by atoms with E-state index in [1.165, 1.54) is 11.3 Å². The summed E-state index contributed by atoms with van der Waals surface area (Å²) in [6.07, 6.45) is 1.000. The van der Waals surface area contributed by atoms with E-state index in [9.17, 15) is 0 Å². The van der Waals surface area contributed by atoms with Gasteiger partial charge in [0.25, 0.3) is 0 Å². The smallest absolute Gasteiger partial charge is 0.143 e. The van der Waals surface area contributed by atoms with Crippen molar-refractivity contribution < 1.29 is 4.74 Å². The zero-order valence-electron chi connectivity index (χ0n) is 15.3. The molecule has 1 N–H and O–H groups in total. The van der Waals surface area contributed by atoms with Crippen LogP contribution in [0.4, 0.5) is 5.69 Å². The van der Waals surface area contributed by atoms with Crippen LogP contribution in [0.1, 0.15) is 18.1 Å². The Labute approximate surface area is 151 Å². The molecule has 2 aromatic carbocycles. The van der Waals surface area contributed by atoms with Gasteiger partial charge in [-0.05, 0) is 38.3 Å². The molecule has 0 spiro atoms. The van der Waals surface area contributed by atoms with Crippen molar-refractivity contribution in [2.24, 2.45) is 0 Å². The number of para-hydroxylation sites is 2. The average Bonchev–Trinajstić information content (AvgIpc) is 2.67. The van der Waals surface area contributed by atoms with Gasteiger partial charge in [0.2, 0.25) is 0 Å². The van der Waals surface area contributed by atoms with Crippen LogP contribution in [0.2, 0.25) is 0 Å². The molecule has 0 aliphatic carbocycles. The van der Waals surface area contributed by atoms with Crippen molar-refractivity contribution in [3.8, 4) is 5.75 Å². The van der Waals surface area contributed by atoms with Gasteiger partial charge in [0.1, 0.15) is 11.9 Å². The van der Waals surface area contributed by atoms with Crippen molar-refractivity contribution in [1.29, 1.82) is 0 Å². The van der Waals surface area contributed by atoms with Gasteiger partial charge >= 0.3 is 0 Å². The third kappa shape index (κ3) is 4.74. The predicted octanol–water partition coefficient (Wildman–Crippen LogP) is 3.17. The van der Waals surface area contributed by atoms with Crippen LogP contribution in [0.3, 0.4) is 0 Å². The van der Waals surface area contributed by atoms with Crippen LogP contribution in [0.25, 0.3) is 0 Å². The zero-order valence-corrected chi connectivity index (χ0v) is 15.3. The fourth-order valence-corrected chi connectivity index (χ4v) is 3.26. The van der Waals surface area contributed by atoms with Crippen LogP contribution in [0.15, 0.2) is 54.6 Å². The molecule has 0 amide bonds. The van der Waals surface area contributed by atoms with E-state index < -0.39 is 0 Å². The molecule has 4 heteroatoms. The monoisotopic (exact) mass is 339 g/mol. The van der Waals surface area contributed by atoms with Gasteiger partial charge in [-0.2, -0.15) is 0 Å². The van der Waals surface area contributed by atoms with Crippen LogP contribution >= 0.6 is 0 Å². The summed E-state index contributed by atoms with van der Waals surface area (Å²) in [7, 11) is 4.17. The molecule has 0 radical (unpaired) electrons. The zero-order chi connectivity index (χ0) is 17.5. The molecule has 1 fully saturated rings.